The lowest BCUT2D eigenvalue weighted by molar-refractivity contribution is 0.122. The van der Waals surface area contributed by atoms with Crippen LogP contribution in [0.5, 0.6) is 0 Å². The zero-order chi connectivity index (χ0) is 18.8. The molecule has 0 saturated heterocycles. The number of rotatable bonds is 7. The fraction of sp³-hybridized carbons (Fsp3) is 0.421. The minimum absolute atomic E-state index is 0.0506. The van der Waals surface area contributed by atoms with Crippen LogP contribution in [0.1, 0.15) is 24.4 Å². The van der Waals surface area contributed by atoms with E-state index in [-0.39, 0.29) is 12.0 Å². The van der Waals surface area contributed by atoms with Crippen molar-refractivity contribution >= 4 is 22.8 Å². The van der Waals surface area contributed by atoms with E-state index in [9.17, 15) is 4.39 Å². The molecule has 1 aliphatic rings. The average Bonchev–Trinajstić information content (AvgIpc) is 3.06. The lowest BCUT2D eigenvalue weighted by Gasteiger charge is -2.30. The topological polar surface area (TPSA) is 93.7 Å². The molecule has 0 radical (unpaired) electrons. The Labute approximate surface area is 157 Å². The van der Waals surface area contributed by atoms with Gasteiger partial charge in [-0.1, -0.05) is 30.3 Å². The highest BCUT2D eigenvalue weighted by Gasteiger charge is 2.30. The number of aryl methyl sites for hydroxylation is 1. The van der Waals surface area contributed by atoms with Gasteiger partial charge in [0.1, 0.15) is 12.0 Å². The third kappa shape index (κ3) is 3.71. The largest absolute Gasteiger partial charge is 0.369 e. The molecule has 0 bridgehead atoms. The van der Waals surface area contributed by atoms with Crippen LogP contribution in [0.4, 0.5) is 16.2 Å². The van der Waals surface area contributed by atoms with Gasteiger partial charge in [-0.2, -0.15) is 15.1 Å². The summed E-state index contributed by atoms with van der Waals surface area (Å²) in [5.74, 6) is 1.20. The van der Waals surface area contributed by atoms with Crippen LogP contribution in [0, 0.1) is 5.92 Å². The number of benzene rings is 1. The van der Waals surface area contributed by atoms with E-state index in [1.54, 1.807) is 10.9 Å². The van der Waals surface area contributed by atoms with Crippen LogP contribution in [0.2, 0.25) is 0 Å². The van der Waals surface area contributed by atoms with Gasteiger partial charge in [-0.25, -0.2) is 4.39 Å². The molecule has 2 heterocycles. The van der Waals surface area contributed by atoms with E-state index < -0.39 is 6.17 Å². The highest BCUT2D eigenvalue weighted by atomic mass is 19.1. The molecule has 3 atom stereocenters. The van der Waals surface area contributed by atoms with Crippen molar-refractivity contribution in [3.63, 3.8) is 0 Å². The van der Waals surface area contributed by atoms with Gasteiger partial charge < -0.3 is 16.4 Å². The molecule has 1 aromatic carbocycles. The van der Waals surface area contributed by atoms with Crippen LogP contribution in [0.15, 0.2) is 36.5 Å². The molecule has 3 aromatic rings. The standard InChI is InChI=1S/C19H24FN7/c1-27-18-14(10-24-27)17(22-9-13-7-8-15(13)20)25-19(26-18)23-11-16(21)12-5-3-2-4-6-12/h2-6,10,13,15-16H,7-9,11,21H2,1H3,(H2,22,23,25,26). The third-order valence-corrected chi connectivity index (χ3v) is 5.16. The molecule has 4 N–H and O–H groups in total. The van der Waals surface area contributed by atoms with Gasteiger partial charge in [-0.3, -0.25) is 4.68 Å². The fourth-order valence-electron chi connectivity index (χ4n) is 3.24. The molecule has 7 nitrogen and oxygen atoms in total. The van der Waals surface area contributed by atoms with Crippen LogP contribution in [0.25, 0.3) is 11.0 Å². The van der Waals surface area contributed by atoms with E-state index in [4.69, 9.17) is 5.73 Å². The summed E-state index contributed by atoms with van der Waals surface area (Å²) in [4.78, 5) is 9.12. The Morgan fingerprint density at radius 3 is 2.74 bits per heavy atom. The summed E-state index contributed by atoms with van der Waals surface area (Å²) in [5, 5.41) is 11.6. The highest BCUT2D eigenvalue weighted by molar-refractivity contribution is 5.87. The second kappa shape index (κ2) is 7.48. The minimum atomic E-state index is -0.717. The Morgan fingerprint density at radius 2 is 2.04 bits per heavy atom. The maximum atomic E-state index is 13.5. The number of aromatic nitrogens is 4. The number of alkyl halides is 1. The number of hydrogen-bond donors (Lipinski definition) is 3. The molecule has 0 spiro atoms. The molecule has 1 saturated carbocycles. The van der Waals surface area contributed by atoms with Crippen LogP contribution < -0.4 is 16.4 Å². The molecule has 3 unspecified atom stereocenters. The zero-order valence-electron chi connectivity index (χ0n) is 15.3. The second-order valence-electron chi connectivity index (χ2n) is 7.03. The molecule has 142 valence electrons. The molecule has 2 aromatic heterocycles. The highest BCUT2D eigenvalue weighted by Crippen LogP contribution is 2.31. The van der Waals surface area contributed by atoms with E-state index in [0.717, 1.165) is 17.4 Å². The zero-order valence-corrected chi connectivity index (χ0v) is 15.3. The first-order chi connectivity index (χ1) is 13.1. The number of nitrogens with one attached hydrogen (secondary N) is 2. The molecule has 0 aliphatic heterocycles. The van der Waals surface area contributed by atoms with Gasteiger partial charge in [0.05, 0.1) is 11.6 Å². The summed E-state index contributed by atoms with van der Waals surface area (Å²) in [7, 11) is 1.84. The van der Waals surface area contributed by atoms with Crippen molar-refractivity contribution in [2.24, 2.45) is 18.7 Å². The van der Waals surface area contributed by atoms with Crippen molar-refractivity contribution in [3.05, 3.63) is 42.1 Å². The van der Waals surface area contributed by atoms with Crippen LogP contribution in [0.3, 0.4) is 0 Å². The lowest BCUT2D eigenvalue weighted by Crippen LogP contribution is -2.33. The molecule has 8 heteroatoms. The van der Waals surface area contributed by atoms with Gasteiger partial charge in [0.25, 0.3) is 0 Å². The van der Waals surface area contributed by atoms with Crippen molar-refractivity contribution in [2.45, 2.75) is 25.1 Å². The molecular formula is C19H24FN7. The SMILES string of the molecule is Cn1ncc2c(NCC3CCC3F)nc(NCC(N)c3ccccc3)nc21. The van der Waals surface area contributed by atoms with E-state index >= 15 is 0 Å². The average molecular weight is 369 g/mol. The number of nitrogens with two attached hydrogens (primary N) is 1. The summed E-state index contributed by atoms with van der Waals surface area (Å²) < 4.78 is 15.2. The Morgan fingerprint density at radius 1 is 1.22 bits per heavy atom. The first-order valence-corrected chi connectivity index (χ1v) is 9.24. The summed E-state index contributed by atoms with van der Waals surface area (Å²) >= 11 is 0. The predicted molar refractivity (Wildman–Crippen MR) is 104 cm³/mol. The van der Waals surface area contributed by atoms with E-state index in [1.165, 1.54) is 0 Å². The van der Waals surface area contributed by atoms with Gasteiger partial charge in [0.15, 0.2) is 5.65 Å². The predicted octanol–water partition coefficient (Wildman–Crippen LogP) is 2.64. The van der Waals surface area contributed by atoms with Crippen LogP contribution >= 0.6 is 0 Å². The normalized spacial score (nSPS) is 20.3. The fourth-order valence-corrected chi connectivity index (χ4v) is 3.24. The first-order valence-electron chi connectivity index (χ1n) is 9.24. The van der Waals surface area contributed by atoms with Gasteiger partial charge in [-0.15, -0.1) is 0 Å². The van der Waals surface area contributed by atoms with Crippen molar-refractivity contribution in [3.8, 4) is 0 Å². The van der Waals surface area contributed by atoms with Gasteiger partial charge >= 0.3 is 0 Å². The van der Waals surface area contributed by atoms with E-state index in [1.807, 2.05) is 37.4 Å². The minimum Gasteiger partial charge on any atom is -0.369 e. The summed E-state index contributed by atoms with van der Waals surface area (Å²) in [6, 6.07) is 9.72. The molecule has 0 amide bonds. The van der Waals surface area contributed by atoms with Crippen molar-refractivity contribution < 1.29 is 4.39 Å². The Hall–Kier alpha value is -2.74. The van der Waals surface area contributed by atoms with Crippen LogP contribution in [-0.2, 0) is 7.05 Å². The van der Waals surface area contributed by atoms with E-state index in [0.29, 0.717) is 36.9 Å². The number of halogens is 1. The molecule has 1 aliphatic carbocycles. The van der Waals surface area contributed by atoms with Gasteiger partial charge in [-0.05, 0) is 18.4 Å². The van der Waals surface area contributed by atoms with Crippen molar-refractivity contribution in [1.82, 2.24) is 19.7 Å². The van der Waals surface area contributed by atoms with Crippen molar-refractivity contribution in [2.75, 3.05) is 23.7 Å². The van der Waals surface area contributed by atoms with E-state index in [2.05, 4.69) is 25.7 Å². The quantitative estimate of drug-likeness (QED) is 0.593. The number of nitrogens with zero attached hydrogens (tertiary/aromatic N) is 4. The number of anilines is 2. The smallest absolute Gasteiger partial charge is 0.226 e. The van der Waals surface area contributed by atoms with Crippen molar-refractivity contribution in [1.29, 1.82) is 0 Å². The summed E-state index contributed by atoms with van der Waals surface area (Å²) in [6.45, 7) is 1.06. The van der Waals surface area contributed by atoms with Gasteiger partial charge in [0.2, 0.25) is 5.95 Å². The third-order valence-electron chi connectivity index (χ3n) is 5.16. The lowest BCUT2D eigenvalue weighted by atomic mass is 9.83. The molecule has 4 rings (SSSR count). The Balaban J connectivity index is 1.51. The molecular weight excluding hydrogens is 345 g/mol. The molecule has 1 fully saturated rings. The number of fused-ring (bicyclic) bond motifs is 1. The number of hydrogen-bond acceptors (Lipinski definition) is 6. The second-order valence-corrected chi connectivity index (χ2v) is 7.03. The maximum Gasteiger partial charge on any atom is 0.226 e. The first kappa shape index (κ1) is 17.7. The molecule has 27 heavy (non-hydrogen) atoms. The Bertz CT molecular complexity index is 911. The summed E-state index contributed by atoms with van der Waals surface area (Å²) in [6.07, 6.45) is 2.57. The monoisotopic (exact) mass is 369 g/mol. The Kier molecular flexibility index (Phi) is 4.89. The summed E-state index contributed by atoms with van der Waals surface area (Å²) in [5.41, 5.74) is 8.01. The van der Waals surface area contributed by atoms with Crippen LogP contribution in [-0.4, -0.2) is 39.0 Å². The van der Waals surface area contributed by atoms with Gasteiger partial charge in [0, 0.05) is 32.1 Å². The maximum absolute atomic E-state index is 13.5.